The van der Waals surface area contributed by atoms with Crippen LogP contribution in [0.15, 0.2) is 36.5 Å². The lowest BCUT2D eigenvalue weighted by Gasteiger charge is -2.34. The monoisotopic (exact) mass is 463 g/mol. The molecule has 1 aromatic carbocycles. The molecule has 3 aromatic rings. The quantitative estimate of drug-likeness (QED) is 0.551. The maximum absolute atomic E-state index is 12.8. The van der Waals surface area contributed by atoms with Gasteiger partial charge in [0.2, 0.25) is 17.7 Å². The van der Waals surface area contributed by atoms with E-state index in [2.05, 4.69) is 25.3 Å². The number of rotatable bonds is 7. The fourth-order valence-corrected chi connectivity index (χ4v) is 4.04. The van der Waals surface area contributed by atoms with E-state index in [1.54, 1.807) is 41.2 Å². The van der Waals surface area contributed by atoms with E-state index in [4.69, 9.17) is 10.5 Å². The van der Waals surface area contributed by atoms with Crippen LogP contribution in [0.25, 0.3) is 0 Å². The molecule has 1 aliphatic heterocycles. The fourth-order valence-electron chi connectivity index (χ4n) is 4.04. The highest BCUT2D eigenvalue weighted by atomic mass is 16.5. The Bertz CT molecular complexity index is 1190. The van der Waals surface area contributed by atoms with Gasteiger partial charge >= 0.3 is 0 Å². The van der Waals surface area contributed by atoms with Crippen LogP contribution in [0.1, 0.15) is 52.9 Å². The van der Waals surface area contributed by atoms with Crippen LogP contribution in [0.5, 0.6) is 11.6 Å². The standard InChI is InChI=1S/C24H29N7O3/c1-15-12-22(34-18-9-7-17(8-10-18)23(25)33)29-24(27-15)20-6-4-5-11-31(20)14-21(32)28-19-13-26-30(3)16(19)2/h7-10,12-13,20H,4-6,11,14H2,1-3H3,(H2,25,33)(H,28,32). The summed E-state index contributed by atoms with van der Waals surface area (Å²) in [4.78, 5) is 35.5. The highest BCUT2D eigenvalue weighted by Gasteiger charge is 2.28. The third-order valence-electron chi connectivity index (χ3n) is 5.98. The summed E-state index contributed by atoms with van der Waals surface area (Å²) in [5.41, 5.74) is 8.09. The average molecular weight is 464 g/mol. The second-order valence-corrected chi connectivity index (χ2v) is 8.49. The minimum atomic E-state index is -0.494. The van der Waals surface area contributed by atoms with Crippen LogP contribution >= 0.6 is 0 Å². The summed E-state index contributed by atoms with van der Waals surface area (Å²) in [6.45, 7) is 4.82. The Hall–Kier alpha value is -3.79. The van der Waals surface area contributed by atoms with Gasteiger partial charge in [-0.3, -0.25) is 19.2 Å². The minimum Gasteiger partial charge on any atom is -0.439 e. The van der Waals surface area contributed by atoms with Gasteiger partial charge < -0.3 is 15.8 Å². The number of nitrogens with zero attached hydrogens (tertiary/aromatic N) is 5. The predicted octanol–water partition coefficient (Wildman–Crippen LogP) is 2.88. The number of likely N-dealkylation sites (tertiary alicyclic amines) is 1. The summed E-state index contributed by atoms with van der Waals surface area (Å²) in [5, 5.41) is 7.13. The Kier molecular flexibility index (Phi) is 6.87. The van der Waals surface area contributed by atoms with Crippen LogP contribution in [0, 0.1) is 13.8 Å². The summed E-state index contributed by atoms with van der Waals surface area (Å²) in [5.74, 6) is 0.998. The Labute approximate surface area is 198 Å². The average Bonchev–Trinajstić information content (AvgIpc) is 3.11. The van der Waals surface area contributed by atoms with Gasteiger partial charge in [0, 0.05) is 24.4 Å². The molecule has 3 heterocycles. The van der Waals surface area contributed by atoms with E-state index in [0.717, 1.165) is 37.2 Å². The van der Waals surface area contributed by atoms with Gasteiger partial charge in [-0.15, -0.1) is 0 Å². The molecule has 10 nitrogen and oxygen atoms in total. The lowest BCUT2D eigenvalue weighted by atomic mass is 10.0. The van der Waals surface area contributed by atoms with E-state index in [-0.39, 0.29) is 18.5 Å². The first-order valence-electron chi connectivity index (χ1n) is 11.3. The topological polar surface area (TPSA) is 128 Å². The Morgan fingerprint density at radius 3 is 2.62 bits per heavy atom. The molecule has 1 unspecified atom stereocenters. The number of carbonyl (C=O) groups excluding carboxylic acids is 2. The summed E-state index contributed by atoms with van der Waals surface area (Å²) in [6.07, 6.45) is 4.56. The van der Waals surface area contributed by atoms with Crippen molar-refractivity contribution < 1.29 is 14.3 Å². The van der Waals surface area contributed by atoms with Crippen LogP contribution < -0.4 is 15.8 Å². The first-order chi connectivity index (χ1) is 16.3. The molecule has 2 amide bonds. The second-order valence-electron chi connectivity index (χ2n) is 8.49. The zero-order valence-electron chi connectivity index (χ0n) is 19.6. The molecule has 4 rings (SSSR count). The zero-order chi connectivity index (χ0) is 24.2. The summed E-state index contributed by atoms with van der Waals surface area (Å²) in [7, 11) is 1.84. The van der Waals surface area contributed by atoms with E-state index < -0.39 is 5.91 Å². The Morgan fingerprint density at radius 1 is 1.18 bits per heavy atom. The molecule has 10 heteroatoms. The molecule has 34 heavy (non-hydrogen) atoms. The van der Waals surface area contributed by atoms with Crippen LogP contribution in [-0.4, -0.2) is 49.6 Å². The van der Waals surface area contributed by atoms with Crippen molar-refractivity contribution in [2.75, 3.05) is 18.4 Å². The highest BCUT2D eigenvalue weighted by Crippen LogP contribution is 2.31. The molecule has 1 atom stereocenters. The van der Waals surface area contributed by atoms with Crippen molar-refractivity contribution >= 4 is 17.5 Å². The third kappa shape index (κ3) is 5.40. The minimum absolute atomic E-state index is 0.0889. The van der Waals surface area contributed by atoms with Crippen molar-refractivity contribution in [1.29, 1.82) is 0 Å². The smallest absolute Gasteiger partial charge is 0.248 e. The molecule has 1 fully saturated rings. The van der Waals surface area contributed by atoms with Gasteiger partial charge in [-0.25, -0.2) is 4.98 Å². The number of anilines is 1. The molecule has 1 saturated heterocycles. The SMILES string of the molecule is Cc1cc(Oc2ccc(C(N)=O)cc2)nc(C2CCCCN2CC(=O)Nc2cnn(C)c2C)n1. The highest BCUT2D eigenvalue weighted by molar-refractivity contribution is 5.93. The zero-order valence-corrected chi connectivity index (χ0v) is 19.6. The van der Waals surface area contributed by atoms with Crippen molar-refractivity contribution in [2.24, 2.45) is 12.8 Å². The van der Waals surface area contributed by atoms with Gasteiger partial charge in [0.1, 0.15) is 11.6 Å². The number of nitrogens with two attached hydrogens (primary N) is 1. The molecule has 2 aromatic heterocycles. The number of ether oxygens (including phenoxy) is 1. The first-order valence-corrected chi connectivity index (χ1v) is 11.3. The Morgan fingerprint density at radius 2 is 1.94 bits per heavy atom. The molecule has 0 bridgehead atoms. The van der Waals surface area contributed by atoms with Gasteiger partial charge in [-0.05, 0) is 57.5 Å². The molecule has 3 N–H and O–H groups in total. The maximum Gasteiger partial charge on any atom is 0.248 e. The van der Waals surface area contributed by atoms with Crippen LogP contribution in [0.4, 0.5) is 5.69 Å². The van der Waals surface area contributed by atoms with E-state index in [9.17, 15) is 9.59 Å². The van der Waals surface area contributed by atoms with Crippen molar-refractivity contribution in [3.63, 3.8) is 0 Å². The number of hydrogen-bond acceptors (Lipinski definition) is 7. The Balaban J connectivity index is 1.49. The van der Waals surface area contributed by atoms with Gasteiger partial charge in [0.05, 0.1) is 30.2 Å². The molecule has 178 valence electrons. The number of primary amides is 1. The van der Waals surface area contributed by atoms with E-state index in [1.165, 1.54) is 0 Å². The lowest BCUT2D eigenvalue weighted by molar-refractivity contribution is -0.118. The number of carbonyl (C=O) groups is 2. The summed E-state index contributed by atoms with van der Waals surface area (Å²) < 4.78 is 7.65. The van der Waals surface area contributed by atoms with Crippen molar-refractivity contribution in [3.8, 4) is 11.6 Å². The number of piperidine rings is 1. The summed E-state index contributed by atoms with van der Waals surface area (Å²) in [6, 6.07) is 8.24. The van der Waals surface area contributed by atoms with Crippen LogP contribution in [0.3, 0.4) is 0 Å². The number of aromatic nitrogens is 4. The number of benzene rings is 1. The van der Waals surface area contributed by atoms with E-state index >= 15 is 0 Å². The molecule has 0 spiro atoms. The van der Waals surface area contributed by atoms with Crippen molar-refractivity contribution in [2.45, 2.75) is 39.2 Å². The van der Waals surface area contributed by atoms with Crippen LogP contribution in [-0.2, 0) is 11.8 Å². The maximum atomic E-state index is 12.8. The predicted molar refractivity (Wildman–Crippen MR) is 127 cm³/mol. The van der Waals surface area contributed by atoms with Gasteiger partial charge in [-0.2, -0.15) is 10.1 Å². The first kappa shape index (κ1) is 23.4. The van der Waals surface area contributed by atoms with Crippen LogP contribution in [0.2, 0.25) is 0 Å². The largest absolute Gasteiger partial charge is 0.439 e. The van der Waals surface area contributed by atoms with E-state index in [0.29, 0.717) is 28.7 Å². The van der Waals surface area contributed by atoms with Gasteiger partial charge in [0.25, 0.3) is 0 Å². The molecule has 0 saturated carbocycles. The number of hydrogen-bond donors (Lipinski definition) is 2. The second kappa shape index (κ2) is 10.0. The van der Waals surface area contributed by atoms with Crippen molar-refractivity contribution in [3.05, 3.63) is 59.3 Å². The number of amides is 2. The van der Waals surface area contributed by atoms with Crippen molar-refractivity contribution in [1.82, 2.24) is 24.6 Å². The normalized spacial score (nSPS) is 16.3. The molecular formula is C24H29N7O3. The summed E-state index contributed by atoms with van der Waals surface area (Å²) >= 11 is 0. The van der Waals surface area contributed by atoms with Gasteiger partial charge in [0.15, 0.2) is 0 Å². The molecular weight excluding hydrogens is 434 g/mol. The fraction of sp³-hybridized carbons (Fsp3) is 0.375. The number of aryl methyl sites for hydroxylation is 2. The third-order valence-corrected chi connectivity index (χ3v) is 5.98. The molecule has 0 aliphatic carbocycles. The van der Waals surface area contributed by atoms with E-state index in [1.807, 2.05) is 20.9 Å². The number of nitrogens with one attached hydrogen (secondary N) is 1. The van der Waals surface area contributed by atoms with Gasteiger partial charge in [-0.1, -0.05) is 6.42 Å². The molecule has 1 aliphatic rings. The molecule has 0 radical (unpaired) electrons. The lowest BCUT2D eigenvalue weighted by Crippen LogP contribution is -2.40.